The molecule has 5 heteroatoms. The minimum atomic E-state index is -0.301. The molecule has 0 radical (unpaired) electrons. The number of aromatic nitrogens is 1. The Bertz CT molecular complexity index is 818. The molecule has 0 unspecified atom stereocenters. The topological polar surface area (TPSA) is 79.0 Å². The van der Waals surface area contributed by atoms with Gasteiger partial charge >= 0.3 is 0 Å². The second-order valence-electron chi connectivity index (χ2n) is 5.85. The fourth-order valence-electron chi connectivity index (χ4n) is 3.01. The second-order valence-corrected chi connectivity index (χ2v) is 5.85. The Labute approximate surface area is 134 Å². The fourth-order valence-corrected chi connectivity index (χ4v) is 3.01. The highest BCUT2D eigenvalue weighted by Crippen LogP contribution is 2.27. The van der Waals surface area contributed by atoms with Crippen LogP contribution < -0.4 is 5.32 Å². The van der Waals surface area contributed by atoms with E-state index in [-0.39, 0.29) is 17.5 Å². The van der Waals surface area contributed by atoms with Crippen molar-refractivity contribution >= 4 is 23.2 Å². The van der Waals surface area contributed by atoms with E-state index in [1.807, 2.05) is 0 Å². The largest absolute Gasteiger partial charge is 0.354 e. The van der Waals surface area contributed by atoms with Crippen LogP contribution >= 0.6 is 0 Å². The number of hydrogen-bond acceptors (Lipinski definition) is 3. The molecule has 0 fully saturated rings. The molecular weight excluding hydrogens is 292 g/mol. The van der Waals surface area contributed by atoms with Crippen molar-refractivity contribution in [1.29, 1.82) is 0 Å². The van der Waals surface area contributed by atoms with Crippen molar-refractivity contribution in [2.45, 2.75) is 33.1 Å². The zero-order chi connectivity index (χ0) is 16.6. The predicted octanol–water partition coefficient (Wildman–Crippen LogP) is 3.30. The van der Waals surface area contributed by atoms with Crippen LogP contribution in [0.5, 0.6) is 0 Å². The summed E-state index contributed by atoms with van der Waals surface area (Å²) in [6.45, 7) is 3.27. The smallest absolute Gasteiger partial charge is 0.272 e. The van der Waals surface area contributed by atoms with Crippen molar-refractivity contribution in [3.8, 4) is 0 Å². The summed E-state index contributed by atoms with van der Waals surface area (Å²) < 4.78 is 0. The lowest BCUT2D eigenvalue weighted by molar-refractivity contribution is 0.0970. The van der Waals surface area contributed by atoms with Gasteiger partial charge in [-0.25, -0.2) is 0 Å². The summed E-state index contributed by atoms with van der Waals surface area (Å²) >= 11 is 0. The SMILES string of the molecule is CC(=O)c1cccc(NC(=O)c2[nH]c3c(c2C)C(=O)CCC3)c1. The normalized spacial score (nSPS) is 13.6. The van der Waals surface area contributed by atoms with Crippen molar-refractivity contribution in [2.24, 2.45) is 0 Å². The molecule has 118 valence electrons. The van der Waals surface area contributed by atoms with Crippen LogP contribution in [0.4, 0.5) is 5.69 Å². The van der Waals surface area contributed by atoms with Crippen LogP contribution in [0.1, 0.15) is 62.2 Å². The number of fused-ring (bicyclic) bond motifs is 1. The van der Waals surface area contributed by atoms with Gasteiger partial charge in [0, 0.05) is 28.9 Å². The van der Waals surface area contributed by atoms with Gasteiger partial charge in [0.15, 0.2) is 11.6 Å². The molecule has 0 spiro atoms. The van der Waals surface area contributed by atoms with Gasteiger partial charge in [0.1, 0.15) is 5.69 Å². The summed E-state index contributed by atoms with van der Waals surface area (Å²) in [6, 6.07) is 6.80. The number of carbonyl (C=O) groups excluding carboxylic acids is 3. The minimum absolute atomic E-state index is 0.0572. The minimum Gasteiger partial charge on any atom is -0.354 e. The second kappa shape index (κ2) is 5.83. The summed E-state index contributed by atoms with van der Waals surface area (Å²) in [7, 11) is 0. The van der Waals surface area contributed by atoms with Gasteiger partial charge in [0.05, 0.1) is 0 Å². The maximum absolute atomic E-state index is 12.5. The van der Waals surface area contributed by atoms with E-state index < -0.39 is 0 Å². The van der Waals surface area contributed by atoms with E-state index in [0.717, 1.165) is 18.5 Å². The molecular formula is C18H18N2O3. The van der Waals surface area contributed by atoms with Gasteiger partial charge < -0.3 is 10.3 Å². The van der Waals surface area contributed by atoms with Crippen LogP contribution in [0.3, 0.4) is 0 Å². The molecule has 1 aromatic carbocycles. The molecule has 3 rings (SSSR count). The highest BCUT2D eigenvalue weighted by atomic mass is 16.2. The number of anilines is 1. The number of nitrogens with one attached hydrogen (secondary N) is 2. The zero-order valence-corrected chi connectivity index (χ0v) is 13.2. The first-order valence-corrected chi connectivity index (χ1v) is 7.64. The molecule has 1 aliphatic carbocycles. The Morgan fingerprint density at radius 1 is 1.22 bits per heavy atom. The van der Waals surface area contributed by atoms with E-state index >= 15 is 0 Å². The Balaban J connectivity index is 1.88. The first-order valence-electron chi connectivity index (χ1n) is 7.64. The Morgan fingerprint density at radius 3 is 2.70 bits per heavy atom. The van der Waals surface area contributed by atoms with E-state index in [1.54, 1.807) is 31.2 Å². The molecule has 2 N–H and O–H groups in total. The molecule has 5 nitrogen and oxygen atoms in total. The van der Waals surface area contributed by atoms with E-state index in [4.69, 9.17) is 0 Å². The van der Waals surface area contributed by atoms with Crippen LogP contribution in [0.25, 0.3) is 0 Å². The van der Waals surface area contributed by atoms with Crippen molar-refractivity contribution in [3.05, 3.63) is 52.3 Å². The molecule has 1 heterocycles. The van der Waals surface area contributed by atoms with Gasteiger partial charge in [0.25, 0.3) is 5.91 Å². The average Bonchev–Trinajstić information content (AvgIpc) is 2.86. The van der Waals surface area contributed by atoms with E-state index in [9.17, 15) is 14.4 Å². The molecule has 0 saturated heterocycles. The summed E-state index contributed by atoms with van der Waals surface area (Å²) in [5.74, 6) is -0.263. The maximum atomic E-state index is 12.5. The number of carbonyl (C=O) groups is 3. The Kier molecular flexibility index (Phi) is 3.86. The zero-order valence-electron chi connectivity index (χ0n) is 13.2. The number of rotatable bonds is 3. The highest BCUT2D eigenvalue weighted by Gasteiger charge is 2.26. The van der Waals surface area contributed by atoms with Crippen LogP contribution in [0, 0.1) is 6.92 Å². The standard InChI is InChI=1S/C18H18N2O3/c1-10-16-14(7-4-8-15(16)22)20-17(10)18(23)19-13-6-3-5-12(9-13)11(2)21/h3,5-6,9,20H,4,7-8H2,1-2H3,(H,19,23). The predicted molar refractivity (Wildman–Crippen MR) is 87.2 cm³/mol. The lowest BCUT2D eigenvalue weighted by atomic mass is 9.94. The number of amides is 1. The van der Waals surface area contributed by atoms with Gasteiger partial charge in [-0.3, -0.25) is 14.4 Å². The first-order chi connectivity index (χ1) is 11.0. The van der Waals surface area contributed by atoms with Gasteiger partial charge in [-0.1, -0.05) is 12.1 Å². The number of aromatic amines is 1. The van der Waals surface area contributed by atoms with Gasteiger partial charge in [0.2, 0.25) is 0 Å². The third-order valence-electron chi connectivity index (χ3n) is 4.19. The average molecular weight is 310 g/mol. The van der Waals surface area contributed by atoms with E-state index in [0.29, 0.717) is 34.5 Å². The molecule has 2 aromatic rings. The summed E-state index contributed by atoms with van der Waals surface area (Å²) in [5.41, 5.74) is 3.73. The van der Waals surface area contributed by atoms with Gasteiger partial charge in [-0.05, 0) is 44.4 Å². The quantitative estimate of drug-likeness (QED) is 0.854. The molecule has 1 aliphatic rings. The monoisotopic (exact) mass is 310 g/mol. The van der Waals surface area contributed by atoms with Crippen molar-refractivity contribution in [1.82, 2.24) is 4.98 Å². The first kappa shape index (κ1) is 15.2. The number of H-pyrrole nitrogens is 1. The third-order valence-corrected chi connectivity index (χ3v) is 4.19. The number of ketones is 2. The highest BCUT2D eigenvalue weighted by molar-refractivity contribution is 6.08. The number of hydrogen-bond donors (Lipinski definition) is 2. The summed E-state index contributed by atoms with van der Waals surface area (Å²) in [4.78, 5) is 39.0. The Morgan fingerprint density at radius 2 is 2.00 bits per heavy atom. The fraction of sp³-hybridized carbons (Fsp3) is 0.278. The molecule has 1 amide bonds. The number of aryl methyl sites for hydroxylation is 1. The molecule has 0 atom stereocenters. The van der Waals surface area contributed by atoms with Crippen LogP contribution in [0.2, 0.25) is 0 Å². The maximum Gasteiger partial charge on any atom is 0.272 e. The van der Waals surface area contributed by atoms with E-state index in [2.05, 4.69) is 10.3 Å². The molecule has 0 saturated carbocycles. The summed E-state index contributed by atoms with van der Waals surface area (Å²) in [5, 5.41) is 2.78. The van der Waals surface area contributed by atoms with Crippen LogP contribution in [0.15, 0.2) is 24.3 Å². The van der Waals surface area contributed by atoms with Gasteiger partial charge in [-0.2, -0.15) is 0 Å². The Hall–Kier alpha value is -2.69. The number of benzene rings is 1. The summed E-state index contributed by atoms with van der Waals surface area (Å²) in [6.07, 6.45) is 2.13. The molecule has 0 bridgehead atoms. The van der Waals surface area contributed by atoms with Crippen LogP contribution in [-0.2, 0) is 6.42 Å². The molecule has 23 heavy (non-hydrogen) atoms. The number of Topliss-reactive ketones (excluding diaryl/α,β-unsaturated/α-hetero) is 2. The third kappa shape index (κ3) is 2.82. The van der Waals surface area contributed by atoms with Crippen molar-refractivity contribution in [3.63, 3.8) is 0 Å². The van der Waals surface area contributed by atoms with Crippen molar-refractivity contribution in [2.75, 3.05) is 5.32 Å². The lowest BCUT2D eigenvalue weighted by Gasteiger charge is -2.09. The molecule has 0 aliphatic heterocycles. The van der Waals surface area contributed by atoms with Crippen LogP contribution in [-0.4, -0.2) is 22.5 Å². The van der Waals surface area contributed by atoms with E-state index in [1.165, 1.54) is 6.92 Å². The van der Waals surface area contributed by atoms with Gasteiger partial charge in [-0.15, -0.1) is 0 Å². The lowest BCUT2D eigenvalue weighted by Crippen LogP contribution is -2.14. The van der Waals surface area contributed by atoms with Crippen molar-refractivity contribution < 1.29 is 14.4 Å². The molecule has 1 aromatic heterocycles.